The number of carbonyl (C=O) groups is 2. The standard InChI is InChI=1S/C12H10Cl6N2O5/c13-11(14,15)3-23-9(21)19-5-1-2-6(8-7(5)25-8)20(19)10(22)24-4-12(16,17)18/h1-2,5-8H,3-4H2. The van der Waals surface area contributed by atoms with Crippen LogP contribution in [0, 0.1) is 0 Å². The lowest BCUT2D eigenvalue weighted by Gasteiger charge is -2.46. The maximum absolute atomic E-state index is 12.4. The van der Waals surface area contributed by atoms with Gasteiger partial charge in [0.15, 0.2) is 0 Å². The summed E-state index contributed by atoms with van der Waals surface area (Å²) in [4.78, 5) is 24.9. The van der Waals surface area contributed by atoms with E-state index in [1.807, 2.05) is 0 Å². The summed E-state index contributed by atoms with van der Waals surface area (Å²) in [6.45, 7) is -1.000. The number of alkyl halides is 6. The molecule has 3 aliphatic heterocycles. The molecule has 1 aliphatic carbocycles. The molecule has 0 aromatic heterocycles. The molecule has 0 N–H and O–H groups in total. The smallest absolute Gasteiger partial charge is 0.429 e. The van der Waals surface area contributed by atoms with Crippen molar-refractivity contribution in [1.29, 1.82) is 0 Å². The molecule has 0 saturated carbocycles. The fraction of sp³-hybridized carbons (Fsp3) is 0.667. The van der Waals surface area contributed by atoms with Gasteiger partial charge >= 0.3 is 12.2 Å². The van der Waals surface area contributed by atoms with Gasteiger partial charge in [0, 0.05) is 0 Å². The van der Waals surface area contributed by atoms with Gasteiger partial charge in [-0.1, -0.05) is 81.8 Å². The first-order chi connectivity index (χ1) is 11.5. The maximum atomic E-state index is 12.4. The normalized spacial score (nSPS) is 30.2. The van der Waals surface area contributed by atoms with E-state index in [9.17, 15) is 9.59 Å². The van der Waals surface area contributed by atoms with Crippen molar-refractivity contribution in [2.24, 2.45) is 0 Å². The topological polar surface area (TPSA) is 71.6 Å². The van der Waals surface area contributed by atoms with Crippen LogP contribution in [0.1, 0.15) is 0 Å². The van der Waals surface area contributed by atoms with Crippen LogP contribution in [0.5, 0.6) is 0 Å². The van der Waals surface area contributed by atoms with Crippen LogP contribution < -0.4 is 0 Å². The Morgan fingerprint density at radius 2 is 1.20 bits per heavy atom. The van der Waals surface area contributed by atoms with E-state index in [2.05, 4.69) is 0 Å². The molecule has 13 heteroatoms. The van der Waals surface area contributed by atoms with Crippen molar-refractivity contribution in [3.05, 3.63) is 12.2 Å². The van der Waals surface area contributed by atoms with Gasteiger partial charge < -0.3 is 14.2 Å². The van der Waals surface area contributed by atoms with Crippen LogP contribution in [0.4, 0.5) is 9.59 Å². The minimum atomic E-state index is -1.79. The molecule has 0 spiro atoms. The molecule has 7 nitrogen and oxygen atoms in total. The van der Waals surface area contributed by atoms with Gasteiger partial charge in [0.1, 0.15) is 37.5 Å². The van der Waals surface area contributed by atoms with Gasteiger partial charge in [-0.05, 0) is 0 Å². The Hall–Kier alpha value is -0.0200. The van der Waals surface area contributed by atoms with E-state index < -0.39 is 45.1 Å². The number of carbonyl (C=O) groups excluding carboxylic acids is 2. The van der Waals surface area contributed by atoms with Crippen LogP contribution in [-0.4, -0.2) is 67.3 Å². The van der Waals surface area contributed by atoms with E-state index in [1.165, 1.54) is 0 Å². The Labute approximate surface area is 172 Å². The van der Waals surface area contributed by atoms with E-state index in [0.717, 1.165) is 10.0 Å². The molecule has 4 unspecified atom stereocenters. The molecule has 0 aromatic carbocycles. The van der Waals surface area contributed by atoms with Crippen molar-refractivity contribution in [3.63, 3.8) is 0 Å². The number of nitrogens with zero attached hydrogens (tertiary/aromatic N) is 2. The molecule has 2 fully saturated rings. The van der Waals surface area contributed by atoms with Crippen LogP contribution in [-0.2, 0) is 14.2 Å². The van der Waals surface area contributed by atoms with Crippen molar-refractivity contribution in [1.82, 2.24) is 10.0 Å². The molecule has 2 saturated heterocycles. The van der Waals surface area contributed by atoms with Crippen molar-refractivity contribution in [3.8, 4) is 0 Å². The number of amides is 2. The highest BCUT2D eigenvalue weighted by Crippen LogP contribution is 2.45. The first-order valence-corrected chi connectivity index (χ1v) is 9.14. The fourth-order valence-corrected chi connectivity index (χ4v) is 3.03. The van der Waals surface area contributed by atoms with Crippen LogP contribution in [0.3, 0.4) is 0 Å². The lowest BCUT2D eigenvalue weighted by atomic mass is 9.94. The first kappa shape index (κ1) is 19.7. The van der Waals surface area contributed by atoms with Crippen molar-refractivity contribution in [2.75, 3.05) is 13.2 Å². The van der Waals surface area contributed by atoms with Gasteiger partial charge in [0.25, 0.3) is 0 Å². The SMILES string of the molecule is O=C(OCC(Cl)(Cl)Cl)N1C2C=CC(C3OC32)N1C(=O)OCC(Cl)(Cl)Cl. The van der Waals surface area contributed by atoms with Gasteiger partial charge in [-0.25, -0.2) is 19.6 Å². The molecule has 4 aliphatic rings. The van der Waals surface area contributed by atoms with Gasteiger partial charge in [0.05, 0.1) is 0 Å². The van der Waals surface area contributed by atoms with Crippen LogP contribution in [0.2, 0.25) is 0 Å². The van der Waals surface area contributed by atoms with Crippen molar-refractivity contribution >= 4 is 81.8 Å². The zero-order valence-corrected chi connectivity index (χ0v) is 16.6. The Kier molecular flexibility index (Phi) is 5.41. The summed E-state index contributed by atoms with van der Waals surface area (Å²) < 4.78 is 11.8. The molecule has 2 bridgehead atoms. The van der Waals surface area contributed by atoms with Gasteiger partial charge in [0.2, 0.25) is 7.59 Å². The van der Waals surface area contributed by atoms with Crippen molar-refractivity contribution in [2.45, 2.75) is 31.9 Å². The van der Waals surface area contributed by atoms with Gasteiger partial charge in [-0.15, -0.1) is 0 Å². The highest BCUT2D eigenvalue weighted by molar-refractivity contribution is 6.68. The second kappa shape index (κ2) is 6.86. The summed E-state index contributed by atoms with van der Waals surface area (Å²) in [6.07, 6.45) is 1.18. The third-order valence-electron chi connectivity index (χ3n) is 3.63. The molecule has 0 aromatic rings. The molecule has 0 radical (unpaired) electrons. The highest BCUT2D eigenvalue weighted by atomic mass is 35.6. The number of halogens is 6. The first-order valence-electron chi connectivity index (χ1n) is 6.87. The van der Waals surface area contributed by atoms with Crippen LogP contribution in [0.15, 0.2) is 12.2 Å². The number of hydrogen-bond acceptors (Lipinski definition) is 5. The summed E-state index contributed by atoms with van der Waals surface area (Å²) >= 11 is 33.5. The van der Waals surface area contributed by atoms with Crippen molar-refractivity contribution < 1.29 is 23.8 Å². The minimum absolute atomic E-state index is 0.243. The Bertz CT molecular complexity index is 556. The molecule has 3 heterocycles. The van der Waals surface area contributed by atoms with E-state index >= 15 is 0 Å². The molecule has 4 rings (SSSR count). The monoisotopic (exact) mass is 472 g/mol. The number of ether oxygens (including phenoxy) is 3. The number of rotatable bonds is 2. The summed E-state index contributed by atoms with van der Waals surface area (Å²) in [5.74, 6) is 0. The maximum Gasteiger partial charge on any atom is 0.429 e. The molecule has 25 heavy (non-hydrogen) atoms. The summed E-state index contributed by atoms with van der Waals surface area (Å²) in [5.41, 5.74) is 0. The van der Waals surface area contributed by atoms with Crippen LogP contribution >= 0.6 is 69.6 Å². The van der Waals surface area contributed by atoms with E-state index in [-0.39, 0.29) is 12.2 Å². The zero-order chi connectivity index (χ0) is 18.6. The Morgan fingerprint density at radius 3 is 1.52 bits per heavy atom. The largest absolute Gasteiger partial charge is 0.444 e. The lowest BCUT2D eigenvalue weighted by molar-refractivity contribution is -0.0681. The quantitative estimate of drug-likeness (QED) is 0.347. The second-order valence-electron chi connectivity index (χ2n) is 5.46. The van der Waals surface area contributed by atoms with Gasteiger partial charge in [-0.2, -0.15) is 0 Å². The number of epoxide rings is 1. The average molecular weight is 475 g/mol. The van der Waals surface area contributed by atoms with E-state index in [1.54, 1.807) is 12.2 Å². The molecular formula is C12H10Cl6N2O5. The average Bonchev–Trinajstić information content (AvgIpc) is 3.30. The predicted molar refractivity (Wildman–Crippen MR) is 92.3 cm³/mol. The van der Waals surface area contributed by atoms with Gasteiger partial charge in [-0.3, -0.25) is 0 Å². The third kappa shape index (κ3) is 4.46. The zero-order valence-electron chi connectivity index (χ0n) is 12.1. The third-order valence-corrected chi connectivity index (χ3v) is 4.28. The number of hydrogen-bond donors (Lipinski definition) is 0. The summed E-state index contributed by atoms with van der Waals surface area (Å²) in [7, 11) is 0. The highest BCUT2D eigenvalue weighted by Gasteiger charge is 2.63. The number of fused-ring (bicyclic) bond motifs is 1. The molecule has 140 valence electrons. The minimum Gasteiger partial charge on any atom is -0.444 e. The van der Waals surface area contributed by atoms with E-state index in [4.69, 9.17) is 83.8 Å². The molecule has 2 amide bonds. The predicted octanol–water partition coefficient (Wildman–Crippen LogP) is 3.61. The summed E-state index contributed by atoms with van der Waals surface area (Å²) in [5, 5.41) is 2.10. The molecular weight excluding hydrogens is 465 g/mol. The summed E-state index contributed by atoms with van der Waals surface area (Å²) in [6, 6.07) is -1.11. The number of hydrazine groups is 1. The lowest BCUT2D eigenvalue weighted by Crippen LogP contribution is -2.66. The fourth-order valence-electron chi connectivity index (χ4n) is 2.70. The Morgan fingerprint density at radius 1 is 0.840 bits per heavy atom. The molecule has 4 atom stereocenters. The van der Waals surface area contributed by atoms with E-state index in [0.29, 0.717) is 0 Å². The van der Waals surface area contributed by atoms with Crippen LogP contribution in [0.25, 0.3) is 0 Å². The second-order valence-corrected chi connectivity index (χ2v) is 10.5. The Balaban J connectivity index is 1.75.